The minimum Gasteiger partial charge on any atom is -0.748 e. The van der Waals surface area contributed by atoms with E-state index in [1.54, 1.807) is 6.20 Å². The van der Waals surface area contributed by atoms with Gasteiger partial charge in [0.2, 0.25) is 5.91 Å². The van der Waals surface area contributed by atoms with Crippen LogP contribution >= 0.6 is 0 Å². The number of hydrogen-bond acceptors (Lipinski definition) is 4. The summed E-state index contributed by atoms with van der Waals surface area (Å²) in [5, 5.41) is 2.39. The van der Waals surface area contributed by atoms with E-state index in [-0.39, 0.29) is 11.7 Å². The van der Waals surface area contributed by atoms with Crippen molar-refractivity contribution in [3.63, 3.8) is 0 Å². The van der Waals surface area contributed by atoms with Crippen molar-refractivity contribution in [2.24, 2.45) is 0 Å². The van der Waals surface area contributed by atoms with Gasteiger partial charge >= 0.3 is 0 Å². The molecule has 100 valence electrons. The maximum Gasteiger partial charge on any atom is 0.249 e. The number of carbonyl (C=O) groups excluding carboxylic acids is 1. The minimum absolute atomic E-state index is 0.00463. The molecule has 0 fully saturated rings. The molecule has 0 bridgehead atoms. The van der Waals surface area contributed by atoms with E-state index in [0.717, 1.165) is 17.6 Å². The van der Waals surface area contributed by atoms with Gasteiger partial charge in [-0.2, -0.15) is 0 Å². The molecule has 1 aliphatic heterocycles. The van der Waals surface area contributed by atoms with Crippen molar-refractivity contribution in [1.29, 1.82) is 0 Å². The molecule has 0 aromatic carbocycles. The Morgan fingerprint density at radius 2 is 1.88 bits per heavy atom. The van der Waals surface area contributed by atoms with Gasteiger partial charge in [0, 0.05) is 24.4 Å². The Morgan fingerprint density at radius 1 is 1.41 bits per heavy atom. The molecule has 0 unspecified atom stereocenters. The van der Waals surface area contributed by atoms with Gasteiger partial charge in [0.05, 0.1) is 37.3 Å². The third-order valence-electron chi connectivity index (χ3n) is 2.47. The third kappa shape index (κ3) is 9.98. The standard InChI is InChI=1S/C7H17NO3S.C3H3NO/c1-4-8(2,3)6-5-7-12(9,10)11;5-3-1-2-4-3/h4-7H2,1-3H3;1-2H,(H,4,5). The molecule has 1 aliphatic rings. The Bertz CT molecular complexity index is 374. The second-order valence-corrected chi connectivity index (χ2v) is 5.96. The first-order chi connectivity index (χ1) is 7.66. The molecule has 1 heterocycles. The van der Waals surface area contributed by atoms with Gasteiger partial charge < -0.3 is 14.4 Å². The summed E-state index contributed by atoms with van der Waals surface area (Å²) in [6.45, 7) is 3.71. The highest BCUT2D eigenvalue weighted by Crippen LogP contribution is 1.99. The van der Waals surface area contributed by atoms with Crippen LogP contribution in [0.1, 0.15) is 13.3 Å². The SMILES string of the molecule is CC[N+](C)(C)CCCS(=O)(=O)[O-].O=C1C=CN1. The molecular weight excluding hydrogens is 244 g/mol. The fourth-order valence-corrected chi connectivity index (χ4v) is 1.46. The molecule has 0 aromatic rings. The number of rotatable bonds is 5. The van der Waals surface area contributed by atoms with Crippen LogP contribution in [0.2, 0.25) is 0 Å². The van der Waals surface area contributed by atoms with E-state index in [0.29, 0.717) is 6.42 Å². The van der Waals surface area contributed by atoms with Crippen LogP contribution in [0.5, 0.6) is 0 Å². The van der Waals surface area contributed by atoms with Crippen LogP contribution in [-0.4, -0.2) is 56.3 Å². The number of carbonyl (C=O) groups is 1. The van der Waals surface area contributed by atoms with Gasteiger partial charge in [-0.1, -0.05) is 0 Å². The van der Waals surface area contributed by atoms with Crippen molar-refractivity contribution in [2.45, 2.75) is 13.3 Å². The van der Waals surface area contributed by atoms with Gasteiger partial charge in [-0.25, -0.2) is 8.42 Å². The van der Waals surface area contributed by atoms with E-state index in [2.05, 4.69) is 5.32 Å². The third-order valence-corrected chi connectivity index (χ3v) is 3.26. The van der Waals surface area contributed by atoms with Gasteiger partial charge in [0.25, 0.3) is 0 Å². The molecule has 6 nitrogen and oxygen atoms in total. The highest BCUT2D eigenvalue weighted by molar-refractivity contribution is 7.85. The maximum atomic E-state index is 10.2. The van der Waals surface area contributed by atoms with Crippen LogP contribution < -0.4 is 5.32 Å². The summed E-state index contributed by atoms with van der Waals surface area (Å²) in [6.07, 6.45) is 3.52. The zero-order chi connectivity index (χ0) is 13.5. The molecule has 7 heteroatoms. The molecule has 1 amide bonds. The number of quaternary nitrogens is 1. The highest BCUT2D eigenvalue weighted by atomic mass is 32.2. The normalized spacial score (nSPS) is 14.5. The molecule has 1 N–H and O–H groups in total. The lowest BCUT2D eigenvalue weighted by molar-refractivity contribution is -0.888. The van der Waals surface area contributed by atoms with Crippen LogP contribution in [0.15, 0.2) is 12.3 Å². The van der Waals surface area contributed by atoms with Crippen LogP contribution in [0, 0.1) is 0 Å². The summed E-state index contributed by atoms with van der Waals surface area (Å²) in [5.41, 5.74) is 0. The Kier molecular flexibility index (Phi) is 6.36. The van der Waals surface area contributed by atoms with Crippen LogP contribution in [-0.2, 0) is 14.9 Å². The molecule has 0 aliphatic carbocycles. The second-order valence-electron chi connectivity index (χ2n) is 4.43. The van der Waals surface area contributed by atoms with Gasteiger partial charge in [-0.3, -0.25) is 4.79 Å². The Balaban J connectivity index is 0.000000419. The van der Waals surface area contributed by atoms with Gasteiger partial charge in [0.15, 0.2) is 0 Å². The highest BCUT2D eigenvalue weighted by Gasteiger charge is 2.11. The van der Waals surface area contributed by atoms with Crippen LogP contribution in [0.25, 0.3) is 0 Å². The molecule has 0 saturated carbocycles. The summed E-state index contributed by atoms with van der Waals surface area (Å²) in [7, 11) is 0.00789. The number of hydrogen-bond donors (Lipinski definition) is 1. The Hall–Kier alpha value is -0.920. The zero-order valence-corrected chi connectivity index (χ0v) is 11.3. The number of nitrogens with zero attached hydrogens (tertiary/aromatic N) is 1. The molecule has 17 heavy (non-hydrogen) atoms. The van der Waals surface area contributed by atoms with E-state index >= 15 is 0 Å². The smallest absolute Gasteiger partial charge is 0.249 e. The lowest BCUT2D eigenvalue weighted by Crippen LogP contribution is -2.40. The first kappa shape index (κ1) is 16.1. The Morgan fingerprint density at radius 3 is 2.12 bits per heavy atom. The minimum atomic E-state index is -4.01. The van der Waals surface area contributed by atoms with E-state index < -0.39 is 10.1 Å². The van der Waals surface area contributed by atoms with E-state index in [9.17, 15) is 17.8 Å². The topological polar surface area (TPSA) is 86.3 Å². The predicted octanol–water partition coefficient (Wildman–Crippen LogP) is -0.352. The number of amides is 1. The lowest BCUT2D eigenvalue weighted by atomic mass is 10.4. The van der Waals surface area contributed by atoms with Crippen molar-refractivity contribution < 1.29 is 22.2 Å². The van der Waals surface area contributed by atoms with E-state index in [4.69, 9.17) is 0 Å². The average Bonchev–Trinajstić information content (AvgIpc) is 2.13. The summed E-state index contributed by atoms with van der Waals surface area (Å²) in [6, 6.07) is 0. The Labute approximate surface area is 103 Å². The fraction of sp³-hybridized carbons (Fsp3) is 0.700. The predicted molar refractivity (Wildman–Crippen MR) is 64.0 cm³/mol. The van der Waals surface area contributed by atoms with Gasteiger partial charge in [-0.05, 0) is 6.92 Å². The first-order valence-electron chi connectivity index (χ1n) is 5.39. The molecule has 0 spiro atoms. The summed E-state index contributed by atoms with van der Waals surface area (Å²) >= 11 is 0. The van der Waals surface area contributed by atoms with Crippen molar-refractivity contribution in [3.8, 4) is 0 Å². The van der Waals surface area contributed by atoms with E-state index in [1.807, 2.05) is 21.0 Å². The van der Waals surface area contributed by atoms with Crippen molar-refractivity contribution in [3.05, 3.63) is 12.3 Å². The number of nitrogens with one attached hydrogen (secondary N) is 1. The molecule has 0 radical (unpaired) electrons. The first-order valence-corrected chi connectivity index (χ1v) is 6.96. The van der Waals surface area contributed by atoms with Crippen molar-refractivity contribution in [2.75, 3.05) is 32.9 Å². The summed E-state index contributed by atoms with van der Waals surface area (Å²) in [5.74, 6) is -0.237. The van der Waals surface area contributed by atoms with Crippen molar-refractivity contribution >= 4 is 16.0 Å². The lowest BCUT2D eigenvalue weighted by Gasteiger charge is -2.28. The zero-order valence-electron chi connectivity index (χ0n) is 10.5. The largest absolute Gasteiger partial charge is 0.748 e. The van der Waals surface area contributed by atoms with Gasteiger partial charge in [0.1, 0.15) is 0 Å². The van der Waals surface area contributed by atoms with Crippen molar-refractivity contribution in [1.82, 2.24) is 5.32 Å². The summed E-state index contributed by atoms with van der Waals surface area (Å²) < 4.78 is 31.5. The maximum absolute atomic E-state index is 10.2. The molecular formula is C10H20N2O4S. The molecule has 0 aromatic heterocycles. The molecule has 0 atom stereocenters. The molecule has 1 rings (SSSR count). The van der Waals surface area contributed by atoms with E-state index in [1.165, 1.54) is 6.08 Å². The van der Waals surface area contributed by atoms with Crippen LogP contribution in [0.3, 0.4) is 0 Å². The fourth-order valence-electron chi connectivity index (χ4n) is 0.979. The monoisotopic (exact) mass is 264 g/mol. The molecule has 0 saturated heterocycles. The van der Waals surface area contributed by atoms with Crippen LogP contribution in [0.4, 0.5) is 0 Å². The van der Waals surface area contributed by atoms with Gasteiger partial charge in [-0.15, -0.1) is 0 Å². The summed E-state index contributed by atoms with van der Waals surface area (Å²) in [4.78, 5) is 9.70. The second kappa shape index (κ2) is 6.73. The average molecular weight is 264 g/mol. The quantitative estimate of drug-likeness (QED) is 0.543.